The maximum Gasteiger partial charge on any atom is 0.336 e. The van der Waals surface area contributed by atoms with Crippen LogP contribution in [0.2, 0.25) is 0 Å². The fraction of sp³-hybridized carbons (Fsp3) is 0.0625. The van der Waals surface area contributed by atoms with E-state index in [-0.39, 0.29) is 0 Å². The van der Waals surface area contributed by atoms with Gasteiger partial charge in [-0.15, -0.1) is 11.6 Å². The Balaban J connectivity index is 2.52. The molecule has 3 aromatic carbocycles. The second-order valence-corrected chi connectivity index (χ2v) is 4.73. The van der Waals surface area contributed by atoms with Crippen LogP contribution in [-0.2, 0) is 5.88 Å². The van der Waals surface area contributed by atoms with Crippen molar-refractivity contribution in [2.75, 3.05) is 0 Å². The molecule has 0 saturated heterocycles. The van der Waals surface area contributed by atoms with Crippen molar-refractivity contribution < 1.29 is 9.90 Å². The predicted molar refractivity (Wildman–Crippen MR) is 78.0 cm³/mol. The Morgan fingerprint density at radius 3 is 2.47 bits per heavy atom. The molecule has 3 aromatic rings. The van der Waals surface area contributed by atoms with Crippen LogP contribution >= 0.6 is 11.6 Å². The molecule has 0 atom stereocenters. The number of aromatic carboxylic acids is 1. The average molecular weight is 271 g/mol. The van der Waals surface area contributed by atoms with Crippen molar-refractivity contribution >= 4 is 39.1 Å². The minimum atomic E-state index is -0.909. The van der Waals surface area contributed by atoms with E-state index in [1.54, 1.807) is 0 Å². The van der Waals surface area contributed by atoms with Crippen molar-refractivity contribution in [2.24, 2.45) is 0 Å². The summed E-state index contributed by atoms with van der Waals surface area (Å²) in [6.07, 6.45) is 0. The molecule has 94 valence electrons. The number of carbonyl (C=O) groups is 1. The Kier molecular flexibility index (Phi) is 2.88. The van der Waals surface area contributed by atoms with Gasteiger partial charge in [0.05, 0.1) is 5.56 Å². The van der Waals surface area contributed by atoms with Crippen molar-refractivity contribution in [3.05, 3.63) is 59.7 Å². The van der Waals surface area contributed by atoms with Gasteiger partial charge in [-0.3, -0.25) is 0 Å². The topological polar surface area (TPSA) is 37.3 Å². The minimum Gasteiger partial charge on any atom is -0.478 e. The molecule has 0 fully saturated rings. The van der Waals surface area contributed by atoms with E-state index >= 15 is 0 Å². The van der Waals surface area contributed by atoms with Gasteiger partial charge in [-0.2, -0.15) is 0 Å². The Labute approximate surface area is 115 Å². The summed E-state index contributed by atoms with van der Waals surface area (Å²) in [5.41, 5.74) is 1.27. The molecule has 2 nitrogen and oxygen atoms in total. The molecule has 3 heteroatoms. The van der Waals surface area contributed by atoms with E-state index in [0.29, 0.717) is 11.4 Å². The van der Waals surface area contributed by atoms with Gasteiger partial charge < -0.3 is 5.11 Å². The van der Waals surface area contributed by atoms with Crippen molar-refractivity contribution in [1.82, 2.24) is 0 Å². The Hall–Kier alpha value is -2.06. The van der Waals surface area contributed by atoms with Gasteiger partial charge in [0.2, 0.25) is 0 Å². The second-order valence-electron chi connectivity index (χ2n) is 4.47. The molecular weight excluding hydrogens is 260 g/mol. The van der Waals surface area contributed by atoms with Crippen molar-refractivity contribution in [2.45, 2.75) is 5.88 Å². The molecule has 19 heavy (non-hydrogen) atoms. The Bertz CT molecular complexity index is 793. The number of alkyl halides is 1. The van der Waals surface area contributed by atoms with Crippen molar-refractivity contribution in [3.8, 4) is 0 Å². The highest BCUT2D eigenvalue weighted by Crippen LogP contribution is 2.29. The molecule has 0 aliphatic heterocycles. The van der Waals surface area contributed by atoms with Crippen LogP contribution in [0.3, 0.4) is 0 Å². The van der Waals surface area contributed by atoms with Gasteiger partial charge in [0.1, 0.15) is 0 Å². The molecule has 0 radical (unpaired) electrons. The minimum absolute atomic E-state index is 0.347. The summed E-state index contributed by atoms with van der Waals surface area (Å²) in [7, 11) is 0. The zero-order valence-electron chi connectivity index (χ0n) is 10.1. The quantitative estimate of drug-likeness (QED) is 0.552. The largest absolute Gasteiger partial charge is 0.478 e. The third-order valence-electron chi connectivity index (χ3n) is 3.30. The molecular formula is C16H11ClO2. The van der Waals surface area contributed by atoms with Crippen LogP contribution in [0.15, 0.2) is 48.5 Å². The van der Waals surface area contributed by atoms with E-state index in [2.05, 4.69) is 0 Å². The zero-order valence-corrected chi connectivity index (χ0v) is 10.8. The summed E-state index contributed by atoms with van der Waals surface area (Å²) in [6.45, 7) is 0. The van der Waals surface area contributed by atoms with Gasteiger partial charge in [0.15, 0.2) is 0 Å². The number of rotatable bonds is 2. The maximum atomic E-state index is 11.6. The highest BCUT2D eigenvalue weighted by molar-refractivity contribution is 6.18. The lowest BCUT2D eigenvalue weighted by atomic mass is 9.96. The van der Waals surface area contributed by atoms with Gasteiger partial charge in [0, 0.05) is 5.88 Å². The first-order chi connectivity index (χ1) is 9.20. The van der Waals surface area contributed by atoms with Gasteiger partial charge in [-0.25, -0.2) is 4.79 Å². The second kappa shape index (κ2) is 4.56. The fourth-order valence-electron chi connectivity index (χ4n) is 2.42. The van der Waals surface area contributed by atoms with Crippen LogP contribution < -0.4 is 0 Å². The highest BCUT2D eigenvalue weighted by Gasteiger charge is 2.13. The van der Waals surface area contributed by atoms with E-state index in [9.17, 15) is 9.90 Å². The van der Waals surface area contributed by atoms with E-state index in [0.717, 1.165) is 27.1 Å². The van der Waals surface area contributed by atoms with E-state index in [1.807, 2.05) is 48.5 Å². The number of benzene rings is 3. The first-order valence-electron chi connectivity index (χ1n) is 5.94. The summed E-state index contributed by atoms with van der Waals surface area (Å²) in [4.78, 5) is 11.6. The first-order valence-corrected chi connectivity index (χ1v) is 6.48. The lowest BCUT2D eigenvalue weighted by Gasteiger charge is -2.09. The summed E-state index contributed by atoms with van der Waals surface area (Å²) in [5.74, 6) is -0.532. The number of carboxylic acids is 1. The third kappa shape index (κ3) is 1.94. The van der Waals surface area contributed by atoms with Crippen LogP contribution in [0.1, 0.15) is 15.9 Å². The van der Waals surface area contributed by atoms with Crippen LogP contribution in [0.25, 0.3) is 21.5 Å². The molecule has 0 saturated carbocycles. The molecule has 0 bridgehead atoms. The van der Waals surface area contributed by atoms with Gasteiger partial charge in [0.25, 0.3) is 0 Å². The number of carboxylic acid groups (broad SMARTS) is 1. The predicted octanol–water partition coefficient (Wildman–Crippen LogP) is 4.43. The molecule has 0 amide bonds. The zero-order chi connectivity index (χ0) is 13.4. The summed E-state index contributed by atoms with van der Waals surface area (Å²) < 4.78 is 0. The number of halogens is 1. The molecule has 3 rings (SSSR count). The average Bonchev–Trinajstić information content (AvgIpc) is 2.43. The smallest absolute Gasteiger partial charge is 0.336 e. The fourth-order valence-corrected chi connectivity index (χ4v) is 2.59. The van der Waals surface area contributed by atoms with Gasteiger partial charge in [-0.05, 0) is 39.2 Å². The van der Waals surface area contributed by atoms with Crippen LogP contribution in [0.4, 0.5) is 0 Å². The van der Waals surface area contributed by atoms with Crippen LogP contribution in [0, 0.1) is 0 Å². The number of hydrogen-bond acceptors (Lipinski definition) is 1. The van der Waals surface area contributed by atoms with Crippen molar-refractivity contribution in [1.29, 1.82) is 0 Å². The van der Waals surface area contributed by atoms with E-state index < -0.39 is 5.97 Å². The monoisotopic (exact) mass is 270 g/mol. The third-order valence-corrected chi connectivity index (χ3v) is 3.60. The first kappa shape index (κ1) is 12.0. The molecule has 0 unspecified atom stereocenters. The van der Waals surface area contributed by atoms with Crippen LogP contribution in [-0.4, -0.2) is 11.1 Å². The number of fused-ring (bicyclic) bond motifs is 2. The lowest BCUT2D eigenvalue weighted by molar-refractivity contribution is 0.0701. The summed E-state index contributed by atoms with van der Waals surface area (Å²) in [5, 5.41) is 12.9. The van der Waals surface area contributed by atoms with Gasteiger partial charge in [-0.1, -0.05) is 36.4 Å². The van der Waals surface area contributed by atoms with Crippen LogP contribution in [0.5, 0.6) is 0 Å². The Morgan fingerprint density at radius 2 is 1.74 bits per heavy atom. The molecule has 0 aromatic heterocycles. The van der Waals surface area contributed by atoms with Gasteiger partial charge >= 0.3 is 5.97 Å². The molecule has 0 spiro atoms. The molecule has 0 heterocycles. The van der Waals surface area contributed by atoms with E-state index in [1.165, 1.54) is 0 Å². The van der Waals surface area contributed by atoms with E-state index in [4.69, 9.17) is 11.6 Å². The molecule has 0 aliphatic rings. The van der Waals surface area contributed by atoms with Crippen molar-refractivity contribution in [3.63, 3.8) is 0 Å². The number of hydrogen-bond donors (Lipinski definition) is 1. The SMILES string of the molecule is O=C(O)c1c2ccccc2cc2ccc(CCl)cc12. The lowest BCUT2D eigenvalue weighted by Crippen LogP contribution is -1.99. The highest BCUT2D eigenvalue weighted by atomic mass is 35.5. The summed E-state index contributed by atoms with van der Waals surface area (Å²) >= 11 is 5.83. The maximum absolute atomic E-state index is 11.6. The molecule has 1 N–H and O–H groups in total. The summed E-state index contributed by atoms with van der Waals surface area (Å²) in [6, 6.07) is 15.2. The Morgan fingerprint density at radius 1 is 1.00 bits per heavy atom. The normalized spacial score (nSPS) is 11.0. The standard InChI is InChI=1S/C16H11ClO2/c17-9-10-5-6-12-8-11-3-1-2-4-13(11)15(16(18)19)14(12)7-10/h1-8H,9H2,(H,18,19). The molecule has 0 aliphatic carbocycles.